The van der Waals surface area contributed by atoms with Crippen molar-refractivity contribution in [1.29, 1.82) is 0 Å². The molecule has 0 aromatic rings. The van der Waals surface area contributed by atoms with Crippen LogP contribution < -0.4 is 0 Å². The molecule has 0 N–H and O–H groups in total. The lowest BCUT2D eigenvalue weighted by atomic mass is 9.35. The summed E-state index contributed by atoms with van der Waals surface area (Å²) in [6.07, 6.45) is 5.56. The van der Waals surface area contributed by atoms with Crippen molar-refractivity contribution in [3.8, 4) is 0 Å². The second-order valence-electron chi connectivity index (χ2n) is 9.79. The van der Waals surface area contributed by atoms with E-state index in [0.717, 1.165) is 31.8 Å². The van der Waals surface area contributed by atoms with E-state index in [4.69, 9.17) is 4.74 Å². The van der Waals surface area contributed by atoms with Gasteiger partial charge in [-0.25, -0.2) is 0 Å². The largest absolute Gasteiger partial charge is 0.371 e. The van der Waals surface area contributed by atoms with Gasteiger partial charge in [0.1, 0.15) is 17.7 Å². The molecule has 0 amide bonds. The Morgan fingerprint density at radius 3 is 2.54 bits per heavy atom. The summed E-state index contributed by atoms with van der Waals surface area (Å²) < 4.78 is 5.59. The van der Waals surface area contributed by atoms with Gasteiger partial charge in [-0.1, -0.05) is 13.5 Å². The number of ketones is 2. The van der Waals surface area contributed by atoms with Gasteiger partial charge < -0.3 is 14.3 Å². The minimum atomic E-state index is -1.08. The van der Waals surface area contributed by atoms with Crippen LogP contribution >= 0.6 is 0 Å². The van der Waals surface area contributed by atoms with Gasteiger partial charge in [0.15, 0.2) is 12.1 Å². The molecule has 0 saturated heterocycles. The molecule has 28 heavy (non-hydrogen) atoms. The minimum Gasteiger partial charge on any atom is -0.371 e. The Labute approximate surface area is 166 Å². The highest BCUT2D eigenvalue weighted by Gasteiger charge is 2.72. The van der Waals surface area contributed by atoms with Gasteiger partial charge in [0.05, 0.1) is 5.41 Å². The maximum absolute atomic E-state index is 13.5. The molecule has 5 aliphatic carbocycles. The first-order chi connectivity index (χ1) is 13.2. The van der Waals surface area contributed by atoms with Gasteiger partial charge in [0.25, 0.3) is 0 Å². The maximum atomic E-state index is 13.5. The standard InChI is InChI=1S/C23H30O5/c1-13-5-6-16(21(3,11-24)28-4)17-10-19(26)22-8-7-15(14(2)20(22)27)9-18(22)23(13,17)12-25/h11-13,15-18H,2,5-10H2,1,3-4H3. The highest BCUT2D eigenvalue weighted by atomic mass is 16.5. The van der Waals surface area contributed by atoms with E-state index in [2.05, 4.69) is 13.5 Å². The molecular formula is C23H30O5. The number of aldehydes is 2. The quantitative estimate of drug-likeness (QED) is 0.422. The molecule has 0 radical (unpaired) electrons. The van der Waals surface area contributed by atoms with Gasteiger partial charge >= 0.3 is 0 Å². The van der Waals surface area contributed by atoms with Crippen LogP contribution in [0.4, 0.5) is 0 Å². The number of ether oxygens (including phenoxy) is 1. The van der Waals surface area contributed by atoms with Crippen LogP contribution in [-0.2, 0) is 23.9 Å². The second kappa shape index (κ2) is 6.19. The SMILES string of the molecule is C=C1C(=O)C23CCC1CC2C1(C=O)C(C)CCC(C(C)(C=O)OC)C1CC3=O. The van der Waals surface area contributed by atoms with E-state index in [0.29, 0.717) is 18.4 Å². The highest BCUT2D eigenvalue weighted by molar-refractivity contribution is 6.17. The van der Waals surface area contributed by atoms with Crippen molar-refractivity contribution in [1.82, 2.24) is 0 Å². The molecule has 5 nitrogen and oxygen atoms in total. The van der Waals surface area contributed by atoms with Gasteiger partial charge in [-0.3, -0.25) is 9.59 Å². The summed E-state index contributed by atoms with van der Waals surface area (Å²) in [5.74, 6) is -0.809. The smallest absolute Gasteiger partial charge is 0.172 e. The lowest BCUT2D eigenvalue weighted by molar-refractivity contribution is -0.200. The fourth-order valence-corrected chi connectivity index (χ4v) is 7.49. The second-order valence-corrected chi connectivity index (χ2v) is 9.79. The van der Waals surface area contributed by atoms with E-state index in [9.17, 15) is 19.2 Å². The number of Topliss-reactive ketones (excluding diaryl/α,β-unsaturated/α-hetero) is 2. The molecule has 0 heterocycles. The van der Waals surface area contributed by atoms with Crippen LogP contribution in [0.15, 0.2) is 12.2 Å². The van der Waals surface area contributed by atoms with E-state index < -0.39 is 16.4 Å². The number of allylic oxidation sites excluding steroid dienone is 1. The van der Waals surface area contributed by atoms with Crippen molar-refractivity contribution in [2.24, 2.45) is 40.4 Å². The normalized spacial score (nSPS) is 47.1. The molecule has 1 spiro atoms. The zero-order valence-electron chi connectivity index (χ0n) is 17.0. The summed E-state index contributed by atoms with van der Waals surface area (Å²) in [5, 5.41) is 0. The van der Waals surface area contributed by atoms with Crippen molar-refractivity contribution < 1.29 is 23.9 Å². The number of fused-ring (bicyclic) bond motifs is 3. The Morgan fingerprint density at radius 1 is 1.21 bits per heavy atom. The number of methoxy groups -OCH3 is 1. The van der Waals surface area contributed by atoms with Crippen molar-refractivity contribution in [2.45, 2.75) is 58.0 Å². The van der Waals surface area contributed by atoms with E-state index in [-0.39, 0.29) is 47.6 Å². The Balaban J connectivity index is 1.89. The lowest BCUT2D eigenvalue weighted by Gasteiger charge is -2.65. The van der Waals surface area contributed by atoms with Crippen molar-refractivity contribution in [3.05, 3.63) is 12.2 Å². The molecular weight excluding hydrogens is 356 g/mol. The summed E-state index contributed by atoms with van der Waals surface area (Å²) in [6.45, 7) is 7.83. The molecule has 8 atom stereocenters. The summed E-state index contributed by atoms with van der Waals surface area (Å²) in [6, 6.07) is 0. The van der Waals surface area contributed by atoms with Gasteiger partial charge in [-0.15, -0.1) is 0 Å². The van der Waals surface area contributed by atoms with Crippen molar-refractivity contribution >= 4 is 24.1 Å². The van der Waals surface area contributed by atoms with Gasteiger partial charge in [-0.2, -0.15) is 0 Å². The summed E-state index contributed by atoms with van der Waals surface area (Å²) in [4.78, 5) is 51.5. The summed E-state index contributed by atoms with van der Waals surface area (Å²) in [5.41, 5.74) is -2.31. The topological polar surface area (TPSA) is 77.5 Å². The predicted octanol–water partition coefficient (Wildman–Crippen LogP) is 2.95. The maximum Gasteiger partial charge on any atom is 0.172 e. The van der Waals surface area contributed by atoms with Crippen LogP contribution in [0.3, 0.4) is 0 Å². The molecule has 5 aliphatic rings. The minimum absolute atomic E-state index is 0.0484. The number of hydrogen-bond acceptors (Lipinski definition) is 5. The first-order valence-corrected chi connectivity index (χ1v) is 10.5. The third-order valence-electron chi connectivity index (χ3n) is 9.20. The molecule has 5 fully saturated rings. The molecule has 5 rings (SSSR count). The molecule has 5 heteroatoms. The first-order valence-electron chi connectivity index (χ1n) is 10.5. The third kappa shape index (κ3) is 2.06. The number of carbonyl (C=O) groups excluding carboxylic acids is 4. The lowest BCUT2D eigenvalue weighted by Crippen LogP contribution is -2.70. The average Bonchev–Trinajstić information content (AvgIpc) is 2.71. The summed E-state index contributed by atoms with van der Waals surface area (Å²) in [7, 11) is 1.51. The van der Waals surface area contributed by atoms with Gasteiger partial charge in [-0.05, 0) is 74.2 Å². The number of rotatable bonds is 4. The Bertz CT molecular complexity index is 771. The zero-order valence-corrected chi connectivity index (χ0v) is 17.0. The Morgan fingerprint density at radius 2 is 1.93 bits per heavy atom. The fourth-order valence-electron chi connectivity index (χ4n) is 7.49. The Hall–Kier alpha value is -1.62. The summed E-state index contributed by atoms with van der Waals surface area (Å²) >= 11 is 0. The fraction of sp³-hybridized carbons (Fsp3) is 0.739. The van der Waals surface area contributed by atoms with Crippen molar-refractivity contribution in [2.75, 3.05) is 7.11 Å². The first kappa shape index (κ1) is 19.7. The molecule has 0 aliphatic heterocycles. The van der Waals surface area contributed by atoms with Crippen molar-refractivity contribution in [3.63, 3.8) is 0 Å². The van der Waals surface area contributed by atoms with E-state index >= 15 is 0 Å². The number of hydrogen-bond donors (Lipinski definition) is 0. The van der Waals surface area contributed by atoms with Crippen LogP contribution in [0.1, 0.15) is 52.4 Å². The monoisotopic (exact) mass is 386 g/mol. The van der Waals surface area contributed by atoms with E-state index in [1.54, 1.807) is 6.92 Å². The van der Waals surface area contributed by atoms with Gasteiger partial charge in [0, 0.05) is 18.9 Å². The van der Waals surface area contributed by atoms with E-state index in [1.165, 1.54) is 7.11 Å². The van der Waals surface area contributed by atoms with Crippen LogP contribution in [0.5, 0.6) is 0 Å². The van der Waals surface area contributed by atoms with Crippen LogP contribution in [0.2, 0.25) is 0 Å². The van der Waals surface area contributed by atoms with Crippen LogP contribution in [0.25, 0.3) is 0 Å². The van der Waals surface area contributed by atoms with Crippen LogP contribution in [0, 0.1) is 40.4 Å². The molecule has 0 aromatic heterocycles. The zero-order chi connectivity index (χ0) is 20.5. The molecule has 0 aromatic carbocycles. The molecule has 5 saturated carbocycles. The average molecular weight is 386 g/mol. The van der Waals surface area contributed by atoms with Crippen LogP contribution in [-0.4, -0.2) is 36.8 Å². The third-order valence-corrected chi connectivity index (χ3v) is 9.20. The predicted molar refractivity (Wildman–Crippen MR) is 102 cm³/mol. The molecule has 8 unspecified atom stereocenters. The molecule has 2 bridgehead atoms. The van der Waals surface area contributed by atoms with Gasteiger partial charge in [0.2, 0.25) is 0 Å². The highest BCUT2D eigenvalue weighted by Crippen LogP contribution is 2.69. The number of carbonyl (C=O) groups is 4. The Kier molecular flexibility index (Phi) is 4.35. The van der Waals surface area contributed by atoms with E-state index in [1.807, 2.05) is 0 Å². The molecule has 152 valence electrons.